The van der Waals surface area contributed by atoms with Gasteiger partial charge in [-0.25, -0.2) is 5.84 Å². The summed E-state index contributed by atoms with van der Waals surface area (Å²) in [5.41, 5.74) is 3.16. The Bertz CT molecular complexity index is 341. The van der Waals surface area contributed by atoms with Crippen LogP contribution in [0.25, 0.3) is 0 Å². The first-order valence-corrected chi connectivity index (χ1v) is 5.07. The van der Waals surface area contributed by atoms with Crippen molar-refractivity contribution in [2.45, 2.75) is 20.0 Å². The molecule has 0 unspecified atom stereocenters. The molecule has 0 amide bonds. The molecule has 0 heterocycles. The molecule has 0 saturated heterocycles. The maximum atomic E-state index is 5.60. The quantitative estimate of drug-likeness (QED) is 0.415. The van der Waals surface area contributed by atoms with Crippen LogP contribution in [0.4, 0.5) is 5.69 Å². The summed E-state index contributed by atoms with van der Waals surface area (Å²) in [5.74, 6) is 5.93. The van der Waals surface area contributed by atoms with Gasteiger partial charge in [-0.15, -0.1) is 0 Å². The number of hydrogen-bond donors (Lipinski definition) is 3. The molecule has 0 aliphatic heterocycles. The van der Waals surface area contributed by atoms with Crippen LogP contribution in [0.2, 0.25) is 0 Å². The van der Waals surface area contributed by atoms with Gasteiger partial charge in [-0.05, 0) is 38.2 Å². The number of anilines is 1. The molecule has 0 radical (unpaired) electrons. The Morgan fingerprint density at radius 3 is 2.67 bits per heavy atom. The Balaban J connectivity index is 2.81. The zero-order valence-corrected chi connectivity index (χ0v) is 9.60. The van der Waals surface area contributed by atoms with Gasteiger partial charge in [0, 0.05) is 0 Å². The molecule has 0 spiro atoms. The van der Waals surface area contributed by atoms with Crippen molar-refractivity contribution in [2.75, 3.05) is 5.32 Å². The molecule has 4 N–H and O–H groups in total. The molecule has 82 valence electrons. The van der Waals surface area contributed by atoms with E-state index in [1.807, 2.05) is 38.1 Å². The van der Waals surface area contributed by atoms with Gasteiger partial charge in [-0.1, -0.05) is 12.1 Å². The van der Waals surface area contributed by atoms with Crippen molar-refractivity contribution in [1.29, 1.82) is 0 Å². The van der Waals surface area contributed by atoms with E-state index in [4.69, 9.17) is 22.8 Å². The Kier molecular flexibility index (Phi) is 4.33. The normalized spacial score (nSPS) is 9.87. The molecule has 4 nitrogen and oxygen atoms in total. The van der Waals surface area contributed by atoms with Crippen LogP contribution in [0.15, 0.2) is 24.3 Å². The topological polar surface area (TPSA) is 59.3 Å². The smallest absolute Gasteiger partial charge is 0.185 e. The number of ether oxygens (including phenoxy) is 1. The largest absolute Gasteiger partial charge is 0.489 e. The zero-order chi connectivity index (χ0) is 11.3. The van der Waals surface area contributed by atoms with Crippen molar-refractivity contribution in [3.8, 4) is 5.75 Å². The van der Waals surface area contributed by atoms with E-state index in [1.165, 1.54) is 0 Å². The minimum atomic E-state index is 0.118. The Morgan fingerprint density at radius 2 is 2.07 bits per heavy atom. The summed E-state index contributed by atoms with van der Waals surface area (Å²) in [4.78, 5) is 0. The van der Waals surface area contributed by atoms with Crippen LogP contribution in [0.1, 0.15) is 13.8 Å². The predicted molar refractivity (Wildman–Crippen MR) is 65.7 cm³/mol. The van der Waals surface area contributed by atoms with E-state index in [1.54, 1.807) is 0 Å². The monoisotopic (exact) mass is 225 g/mol. The number of nitrogens with one attached hydrogen (secondary N) is 2. The molecule has 1 rings (SSSR count). The van der Waals surface area contributed by atoms with Crippen LogP contribution in [0, 0.1) is 0 Å². The third-order valence-electron chi connectivity index (χ3n) is 1.63. The summed E-state index contributed by atoms with van der Waals surface area (Å²) in [6.07, 6.45) is 0.118. The highest BCUT2D eigenvalue weighted by atomic mass is 32.1. The SMILES string of the molecule is CC(C)Oc1ccccc1NC(=S)NN. The van der Waals surface area contributed by atoms with Crippen LogP contribution < -0.4 is 21.3 Å². The fourth-order valence-corrected chi connectivity index (χ4v) is 1.19. The van der Waals surface area contributed by atoms with Crippen molar-refractivity contribution in [2.24, 2.45) is 5.84 Å². The summed E-state index contributed by atoms with van der Waals surface area (Å²) in [6.45, 7) is 3.94. The van der Waals surface area contributed by atoms with Crippen molar-refractivity contribution >= 4 is 23.0 Å². The van der Waals surface area contributed by atoms with Crippen molar-refractivity contribution in [3.05, 3.63) is 24.3 Å². The van der Waals surface area contributed by atoms with Crippen molar-refractivity contribution in [1.82, 2.24) is 5.43 Å². The first-order valence-electron chi connectivity index (χ1n) is 4.66. The Hall–Kier alpha value is -1.33. The third-order valence-corrected chi connectivity index (χ3v) is 1.85. The Labute approximate surface area is 94.8 Å². The highest BCUT2D eigenvalue weighted by Crippen LogP contribution is 2.24. The maximum Gasteiger partial charge on any atom is 0.185 e. The predicted octanol–water partition coefficient (Wildman–Crippen LogP) is 1.63. The number of hydrazine groups is 1. The van der Waals surface area contributed by atoms with E-state index < -0.39 is 0 Å². The highest BCUT2D eigenvalue weighted by Gasteiger charge is 2.05. The van der Waals surface area contributed by atoms with Crippen LogP contribution in [-0.2, 0) is 0 Å². The second-order valence-corrected chi connectivity index (χ2v) is 3.67. The van der Waals surface area contributed by atoms with Crippen LogP contribution in [-0.4, -0.2) is 11.2 Å². The van der Waals surface area contributed by atoms with Gasteiger partial charge in [0.2, 0.25) is 0 Å². The standard InChI is InChI=1S/C10H15N3OS/c1-7(2)14-9-6-4-3-5-8(9)12-10(15)13-11/h3-7H,11H2,1-2H3,(H2,12,13,15). The van der Waals surface area contributed by atoms with E-state index in [2.05, 4.69) is 10.7 Å². The van der Waals surface area contributed by atoms with Gasteiger partial charge in [0.25, 0.3) is 0 Å². The minimum absolute atomic E-state index is 0.118. The summed E-state index contributed by atoms with van der Waals surface area (Å²) in [6, 6.07) is 7.55. The van der Waals surface area contributed by atoms with Gasteiger partial charge >= 0.3 is 0 Å². The lowest BCUT2D eigenvalue weighted by atomic mass is 10.3. The molecular formula is C10H15N3OS. The summed E-state index contributed by atoms with van der Waals surface area (Å²) >= 11 is 4.91. The molecule has 0 atom stereocenters. The number of thiocarbonyl (C=S) groups is 1. The lowest BCUT2D eigenvalue weighted by Gasteiger charge is -2.15. The lowest BCUT2D eigenvalue weighted by Crippen LogP contribution is -2.34. The Morgan fingerprint density at radius 1 is 1.40 bits per heavy atom. The first-order chi connectivity index (χ1) is 7.13. The van der Waals surface area contributed by atoms with Crippen LogP contribution in [0.5, 0.6) is 5.75 Å². The third kappa shape index (κ3) is 3.73. The maximum absolute atomic E-state index is 5.60. The van der Waals surface area contributed by atoms with E-state index in [9.17, 15) is 0 Å². The number of rotatable bonds is 3. The molecular weight excluding hydrogens is 210 g/mol. The van der Waals surface area contributed by atoms with E-state index in [-0.39, 0.29) is 6.10 Å². The van der Waals surface area contributed by atoms with Gasteiger partial charge in [-0.2, -0.15) is 0 Å². The van der Waals surface area contributed by atoms with Gasteiger partial charge in [0.05, 0.1) is 11.8 Å². The van der Waals surface area contributed by atoms with Gasteiger partial charge in [-0.3, -0.25) is 0 Å². The molecule has 0 saturated carbocycles. The summed E-state index contributed by atoms with van der Waals surface area (Å²) in [5, 5.41) is 3.29. The molecule has 15 heavy (non-hydrogen) atoms. The molecule has 1 aromatic rings. The second-order valence-electron chi connectivity index (χ2n) is 3.26. The molecule has 5 heteroatoms. The second kappa shape index (κ2) is 5.53. The van der Waals surface area contributed by atoms with E-state index in [0.29, 0.717) is 5.11 Å². The fraction of sp³-hybridized carbons (Fsp3) is 0.300. The number of benzene rings is 1. The van der Waals surface area contributed by atoms with E-state index >= 15 is 0 Å². The van der Waals surface area contributed by atoms with Crippen molar-refractivity contribution < 1.29 is 4.74 Å². The van der Waals surface area contributed by atoms with Gasteiger partial charge in [0.15, 0.2) is 5.11 Å². The molecule has 0 aliphatic rings. The van der Waals surface area contributed by atoms with Gasteiger partial charge < -0.3 is 15.5 Å². The molecule has 0 bridgehead atoms. The molecule has 0 fully saturated rings. The van der Waals surface area contributed by atoms with Crippen molar-refractivity contribution in [3.63, 3.8) is 0 Å². The van der Waals surface area contributed by atoms with Gasteiger partial charge in [0.1, 0.15) is 5.75 Å². The summed E-state index contributed by atoms with van der Waals surface area (Å²) in [7, 11) is 0. The highest BCUT2D eigenvalue weighted by molar-refractivity contribution is 7.80. The minimum Gasteiger partial charge on any atom is -0.489 e. The fourth-order valence-electron chi connectivity index (χ4n) is 1.09. The number of nitrogens with two attached hydrogens (primary N) is 1. The number of hydrogen-bond acceptors (Lipinski definition) is 3. The average Bonchev–Trinajstić information content (AvgIpc) is 2.20. The zero-order valence-electron chi connectivity index (χ0n) is 8.78. The van der Waals surface area contributed by atoms with E-state index in [0.717, 1.165) is 11.4 Å². The van der Waals surface area contributed by atoms with Crippen LogP contribution in [0.3, 0.4) is 0 Å². The molecule has 0 aromatic heterocycles. The molecule has 1 aromatic carbocycles. The molecule has 0 aliphatic carbocycles. The number of para-hydroxylation sites is 2. The summed E-state index contributed by atoms with van der Waals surface area (Å²) < 4.78 is 5.60. The van der Waals surface area contributed by atoms with Crippen LogP contribution >= 0.6 is 12.2 Å². The first kappa shape index (κ1) is 11.7. The average molecular weight is 225 g/mol. The lowest BCUT2D eigenvalue weighted by molar-refractivity contribution is 0.244.